The second-order valence-corrected chi connectivity index (χ2v) is 8.03. The Morgan fingerprint density at radius 1 is 1.15 bits per heavy atom. The highest BCUT2D eigenvalue weighted by atomic mass is 32.2. The average Bonchev–Trinajstić information content (AvgIpc) is 2.51. The largest absolute Gasteiger partial charge is 0.383 e. The lowest BCUT2D eigenvalue weighted by Gasteiger charge is -2.27. The number of nitrogens with zero attached hydrogens (tertiary/aromatic N) is 1. The Kier molecular flexibility index (Phi) is 6.26. The fraction of sp³-hybridized carbons (Fsp3) is 0.316. The van der Waals surface area contributed by atoms with Gasteiger partial charge < -0.3 is 14.4 Å². The van der Waals surface area contributed by atoms with Gasteiger partial charge in [0.1, 0.15) is 5.75 Å². The number of nitrogens with one attached hydrogen (secondary N) is 1. The van der Waals surface area contributed by atoms with Gasteiger partial charge in [-0.1, -0.05) is 24.3 Å². The van der Waals surface area contributed by atoms with Crippen LogP contribution in [0.5, 0.6) is 5.75 Å². The van der Waals surface area contributed by atoms with Crippen LogP contribution >= 0.6 is 0 Å². The topological polar surface area (TPSA) is 75.7 Å². The highest BCUT2D eigenvalue weighted by Crippen LogP contribution is 2.18. The number of hydrogen-bond donors (Lipinski definition) is 1. The zero-order valence-corrected chi connectivity index (χ0v) is 16.2. The van der Waals surface area contributed by atoms with Crippen molar-refractivity contribution in [2.75, 3.05) is 11.6 Å². The van der Waals surface area contributed by atoms with E-state index in [-0.39, 0.29) is 17.8 Å². The molecule has 0 spiro atoms. The molecular weight excluding hydrogens is 352 g/mol. The van der Waals surface area contributed by atoms with Gasteiger partial charge in [-0.15, -0.1) is 0 Å². The van der Waals surface area contributed by atoms with Gasteiger partial charge in [-0.05, 0) is 56.2 Å². The Morgan fingerprint density at radius 2 is 1.85 bits per heavy atom. The van der Waals surface area contributed by atoms with E-state index in [2.05, 4.69) is 5.32 Å². The maximum atomic E-state index is 12.7. The molecule has 2 rings (SSSR count). The van der Waals surface area contributed by atoms with Crippen molar-refractivity contribution in [2.45, 2.75) is 33.4 Å². The van der Waals surface area contributed by atoms with Crippen molar-refractivity contribution in [3.05, 3.63) is 59.7 Å². The van der Waals surface area contributed by atoms with Crippen molar-refractivity contribution in [1.82, 2.24) is 4.90 Å². The molecule has 0 fully saturated rings. The third-order valence-corrected chi connectivity index (χ3v) is 4.15. The van der Waals surface area contributed by atoms with Crippen molar-refractivity contribution in [3.63, 3.8) is 0 Å². The summed E-state index contributed by atoms with van der Waals surface area (Å²) < 4.78 is 27.5. The van der Waals surface area contributed by atoms with E-state index in [1.54, 1.807) is 23.1 Å². The van der Waals surface area contributed by atoms with E-state index >= 15 is 0 Å². The smallest absolute Gasteiger partial charge is 0.322 e. The molecule has 0 bridgehead atoms. The fourth-order valence-corrected chi connectivity index (χ4v) is 2.93. The fourth-order valence-electron chi connectivity index (χ4n) is 2.47. The van der Waals surface area contributed by atoms with Gasteiger partial charge in [0.25, 0.3) is 0 Å². The van der Waals surface area contributed by atoms with E-state index in [1.807, 2.05) is 51.1 Å². The van der Waals surface area contributed by atoms with Crippen molar-refractivity contribution < 1.29 is 17.4 Å². The molecule has 1 N–H and O–H groups in total. The third kappa shape index (κ3) is 6.07. The quantitative estimate of drug-likeness (QED) is 0.779. The normalized spacial score (nSPS) is 11.3. The average molecular weight is 376 g/mol. The number of anilines is 1. The van der Waals surface area contributed by atoms with Gasteiger partial charge in [0, 0.05) is 18.3 Å². The molecule has 140 valence electrons. The van der Waals surface area contributed by atoms with Gasteiger partial charge in [-0.2, -0.15) is 8.42 Å². The molecule has 0 radical (unpaired) electrons. The predicted molar refractivity (Wildman–Crippen MR) is 103 cm³/mol. The lowest BCUT2D eigenvalue weighted by atomic mass is 10.2. The molecule has 0 heterocycles. The van der Waals surface area contributed by atoms with Crippen LogP contribution in [0.25, 0.3) is 0 Å². The summed E-state index contributed by atoms with van der Waals surface area (Å²) in [6.07, 6.45) is 0.995. The zero-order valence-electron chi connectivity index (χ0n) is 15.4. The van der Waals surface area contributed by atoms with Crippen LogP contribution in [0.15, 0.2) is 48.5 Å². The Morgan fingerprint density at radius 3 is 2.46 bits per heavy atom. The SMILES string of the molecule is Cc1cccc(NC(=O)N(Cc2cccc(OS(C)(=O)=O)c2)C(C)C)c1. The summed E-state index contributed by atoms with van der Waals surface area (Å²) in [6, 6.07) is 14.0. The Hall–Kier alpha value is -2.54. The summed E-state index contributed by atoms with van der Waals surface area (Å²) in [5.41, 5.74) is 2.57. The van der Waals surface area contributed by atoms with Crippen LogP contribution in [-0.4, -0.2) is 31.6 Å². The van der Waals surface area contributed by atoms with Gasteiger partial charge in [-0.25, -0.2) is 4.79 Å². The number of amides is 2. The van der Waals surface area contributed by atoms with Crippen LogP contribution in [0.2, 0.25) is 0 Å². The molecule has 0 aromatic heterocycles. The second kappa shape index (κ2) is 8.23. The molecule has 6 nitrogen and oxygen atoms in total. The van der Waals surface area contributed by atoms with E-state index in [9.17, 15) is 13.2 Å². The van der Waals surface area contributed by atoms with Gasteiger partial charge in [0.05, 0.1) is 6.26 Å². The second-order valence-electron chi connectivity index (χ2n) is 6.46. The molecule has 2 aromatic rings. The maximum absolute atomic E-state index is 12.7. The standard InChI is InChI=1S/C19H24N2O4S/c1-14(2)21(19(22)20-17-9-5-7-15(3)11-17)13-16-8-6-10-18(12-16)25-26(4,23)24/h5-12,14H,13H2,1-4H3,(H,20,22). The first-order valence-corrected chi connectivity index (χ1v) is 10.1. The Bertz CT molecular complexity index is 879. The van der Waals surface area contributed by atoms with Crippen molar-refractivity contribution in [1.29, 1.82) is 0 Å². The van der Waals surface area contributed by atoms with E-state index in [0.717, 1.165) is 23.1 Å². The molecule has 2 amide bonds. The van der Waals surface area contributed by atoms with Gasteiger partial charge in [0.2, 0.25) is 0 Å². The molecule has 26 heavy (non-hydrogen) atoms. The zero-order chi connectivity index (χ0) is 19.3. The molecule has 2 aromatic carbocycles. The summed E-state index contributed by atoms with van der Waals surface area (Å²) in [5, 5.41) is 2.90. The summed E-state index contributed by atoms with van der Waals surface area (Å²) >= 11 is 0. The molecule has 0 saturated heterocycles. The highest BCUT2D eigenvalue weighted by Gasteiger charge is 2.18. The maximum Gasteiger partial charge on any atom is 0.322 e. The first-order chi connectivity index (χ1) is 12.1. The van der Waals surface area contributed by atoms with Crippen molar-refractivity contribution >= 4 is 21.8 Å². The number of carbonyl (C=O) groups is 1. The summed E-state index contributed by atoms with van der Waals surface area (Å²) in [4.78, 5) is 14.3. The molecular formula is C19H24N2O4S. The van der Waals surface area contributed by atoms with Crippen LogP contribution in [0.4, 0.5) is 10.5 Å². The molecule has 0 aliphatic carbocycles. The number of benzene rings is 2. The van der Waals surface area contributed by atoms with Crippen molar-refractivity contribution in [3.8, 4) is 5.75 Å². The summed E-state index contributed by atoms with van der Waals surface area (Å²) in [7, 11) is -3.59. The lowest BCUT2D eigenvalue weighted by molar-refractivity contribution is 0.193. The minimum Gasteiger partial charge on any atom is -0.383 e. The highest BCUT2D eigenvalue weighted by molar-refractivity contribution is 7.86. The minimum absolute atomic E-state index is 0.0423. The molecule has 0 atom stereocenters. The van der Waals surface area contributed by atoms with Crippen LogP contribution in [0.1, 0.15) is 25.0 Å². The van der Waals surface area contributed by atoms with Crippen LogP contribution in [-0.2, 0) is 16.7 Å². The third-order valence-electron chi connectivity index (χ3n) is 3.65. The Balaban J connectivity index is 2.15. The molecule has 0 aliphatic heterocycles. The lowest BCUT2D eigenvalue weighted by Crippen LogP contribution is -2.39. The molecule has 7 heteroatoms. The van der Waals surface area contributed by atoms with Crippen LogP contribution < -0.4 is 9.50 Å². The van der Waals surface area contributed by atoms with E-state index in [0.29, 0.717) is 6.54 Å². The Labute approximate surface area is 154 Å². The number of aryl methyl sites for hydroxylation is 1. The molecule has 0 saturated carbocycles. The van der Waals surface area contributed by atoms with Crippen molar-refractivity contribution in [2.24, 2.45) is 0 Å². The number of rotatable bonds is 6. The minimum atomic E-state index is -3.59. The number of urea groups is 1. The molecule has 0 aliphatic rings. The van der Waals surface area contributed by atoms with E-state index in [1.165, 1.54) is 0 Å². The summed E-state index contributed by atoms with van der Waals surface area (Å²) in [5.74, 6) is 0.229. The molecule has 0 unspecified atom stereocenters. The van der Waals surface area contributed by atoms with Crippen LogP contribution in [0, 0.1) is 6.92 Å². The number of carbonyl (C=O) groups excluding carboxylic acids is 1. The monoisotopic (exact) mass is 376 g/mol. The van der Waals surface area contributed by atoms with E-state index in [4.69, 9.17) is 4.18 Å². The van der Waals surface area contributed by atoms with Gasteiger partial charge >= 0.3 is 16.1 Å². The van der Waals surface area contributed by atoms with Gasteiger partial charge in [0.15, 0.2) is 0 Å². The first kappa shape index (κ1) is 19.8. The van der Waals surface area contributed by atoms with Crippen LogP contribution in [0.3, 0.4) is 0 Å². The number of hydrogen-bond acceptors (Lipinski definition) is 4. The van der Waals surface area contributed by atoms with E-state index < -0.39 is 10.1 Å². The first-order valence-electron chi connectivity index (χ1n) is 8.27. The van der Waals surface area contributed by atoms with Gasteiger partial charge in [-0.3, -0.25) is 0 Å². The summed E-state index contributed by atoms with van der Waals surface area (Å²) in [6.45, 7) is 6.14. The predicted octanol–water partition coefficient (Wildman–Crippen LogP) is 3.78.